The quantitative estimate of drug-likeness (QED) is 0.824. The van der Waals surface area contributed by atoms with Crippen molar-refractivity contribution in [3.63, 3.8) is 0 Å². The fraction of sp³-hybridized carbons (Fsp3) is 0.353. The smallest absolute Gasteiger partial charge is 0.351 e. The van der Waals surface area contributed by atoms with Gasteiger partial charge in [-0.3, -0.25) is 4.79 Å². The molecule has 0 saturated carbocycles. The summed E-state index contributed by atoms with van der Waals surface area (Å²) in [5.41, 5.74) is -0.101. The molecule has 0 atom stereocenters. The second kappa shape index (κ2) is 7.96. The monoisotopic (exact) mass is 352 g/mol. The maximum atomic E-state index is 12.5. The zero-order valence-electron chi connectivity index (χ0n) is 13.9. The molecule has 5 nitrogen and oxygen atoms in total. The molecule has 0 aliphatic heterocycles. The second-order valence-corrected chi connectivity index (χ2v) is 5.93. The van der Waals surface area contributed by atoms with Gasteiger partial charge in [0, 0.05) is 12.2 Å². The van der Waals surface area contributed by atoms with Crippen molar-refractivity contribution in [3.8, 4) is 0 Å². The summed E-state index contributed by atoms with van der Waals surface area (Å²) in [5, 5.41) is 5.59. The number of hydrogen-bond donors (Lipinski definition) is 2. The number of nitrogens with one attached hydrogen (secondary N) is 2. The third-order valence-corrected chi connectivity index (χ3v) is 3.38. The Bertz CT molecular complexity index is 697. The van der Waals surface area contributed by atoms with E-state index in [0.29, 0.717) is 24.0 Å². The number of aromatic nitrogens is 2. The average Bonchev–Trinajstić information content (AvgIpc) is 2.55. The van der Waals surface area contributed by atoms with Crippen LogP contribution in [0.1, 0.15) is 36.3 Å². The van der Waals surface area contributed by atoms with E-state index in [1.165, 1.54) is 24.5 Å². The predicted molar refractivity (Wildman–Crippen MR) is 88.5 cm³/mol. The van der Waals surface area contributed by atoms with Crippen molar-refractivity contribution in [2.45, 2.75) is 26.4 Å². The van der Waals surface area contributed by atoms with Gasteiger partial charge in [0.05, 0.1) is 18.0 Å². The van der Waals surface area contributed by atoms with Gasteiger partial charge < -0.3 is 10.6 Å². The Morgan fingerprint density at radius 2 is 1.80 bits per heavy atom. The van der Waals surface area contributed by atoms with Crippen molar-refractivity contribution < 1.29 is 18.0 Å². The van der Waals surface area contributed by atoms with Gasteiger partial charge in [-0.1, -0.05) is 13.8 Å². The van der Waals surface area contributed by atoms with E-state index in [1.807, 2.05) is 0 Å². The van der Waals surface area contributed by atoms with Gasteiger partial charge in [-0.05, 0) is 36.6 Å². The van der Waals surface area contributed by atoms with Crippen LogP contribution in [0, 0.1) is 5.92 Å². The molecule has 2 aromatic rings. The standard InChI is InChI=1S/C17H19F3N4O/c1-11(2)7-8-21-16(25)14-9-23-15(10-22-14)24-13-5-3-12(4-6-13)17(18,19)20/h3-6,9-11H,7-8H2,1-2H3,(H,21,25)(H,23,24). The van der Waals surface area contributed by atoms with Crippen molar-refractivity contribution in [2.75, 3.05) is 11.9 Å². The van der Waals surface area contributed by atoms with Crippen LogP contribution in [-0.2, 0) is 6.18 Å². The molecule has 0 aliphatic carbocycles. The van der Waals surface area contributed by atoms with Crippen LogP contribution in [0.25, 0.3) is 0 Å². The molecule has 1 heterocycles. The molecule has 0 unspecified atom stereocenters. The Kier molecular flexibility index (Phi) is 5.95. The Hall–Kier alpha value is -2.64. The zero-order valence-corrected chi connectivity index (χ0v) is 13.9. The normalized spacial score (nSPS) is 11.4. The van der Waals surface area contributed by atoms with E-state index < -0.39 is 11.7 Å². The number of hydrogen-bond acceptors (Lipinski definition) is 4. The molecule has 2 rings (SSSR count). The fourth-order valence-corrected chi connectivity index (χ4v) is 1.97. The van der Waals surface area contributed by atoms with Crippen molar-refractivity contribution in [1.82, 2.24) is 15.3 Å². The van der Waals surface area contributed by atoms with Gasteiger partial charge in [0.1, 0.15) is 11.5 Å². The van der Waals surface area contributed by atoms with E-state index >= 15 is 0 Å². The number of carbonyl (C=O) groups excluding carboxylic acids is 1. The van der Waals surface area contributed by atoms with Crippen LogP contribution in [0.5, 0.6) is 0 Å². The van der Waals surface area contributed by atoms with Gasteiger partial charge in [0.2, 0.25) is 0 Å². The first-order valence-electron chi connectivity index (χ1n) is 7.80. The molecule has 0 fully saturated rings. The van der Waals surface area contributed by atoms with Gasteiger partial charge in [-0.15, -0.1) is 0 Å². The summed E-state index contributed by atoms with van der Waals surface area (Å²) >= 11 is 0. The summed E-state index contributed by atoms with van der Waals surface area (Å²) in [6.07, 6.45) is -0.832. The third-order valence-electron chi connectivity index (χ3n) is 3.38. The molecule has 0 radical (unpaired) electrons. The molecule has 25 heavy (non-hydrogen) atoms. The summed E-state index contributed by atoms with van der Waals surface area (Å²) < 4.78 is 37.6. The van der Waals surface area contributed by atoms with Gasteiger partial charge in [0.25, 0.3) is 5.91 Å². The molecule has 1 aromatic heterocycles. The lowest BCUT2D eigenvalue weighted by Gasteiger charge is -2.09. The largest absolute Gasteiger partial charge is 0.416 e. The lowest BCUT2D eigenvalue weighted by atomic mass is 10.1. The van der Waals surface area contributed by atoms with Crippen LogP contribution in [0.3, 0.4) is 0 Å². The number of halogens is 3. The first-order chi connectivity index (χ1) is 11.8. The molecule has 0 saturated heterocycles. The summed E-state index contributed by atoms with van der Waals surface area (Å²) in [5.74, 6) is 0.509. The number of alkyl halides is 3. The molecule has 2 N–H and O–H groups in total. The lowest BCUT2D eigenvalue weighted by molar-refractivity contribution is -0.137. The van der Waals surface area contributed by atoms with E-state index in [9.17, 15) is 18.0 Å². The topological polar surface area (TPSA) is 66.9 Å². The maximum absolute atomic E-state index is 12.5. The summed E-state index contributed by atoms with van der Waals surface area (Å²) in [7, 11) is 0. The fourth-order valence-electron chi connectivity index (χ4n) is 1.97. The molecular weight excluding hydrogens is 333 g/mol. The van der Waals surface area contributed by atoms with E-state index in [0.717, 1.165) is 18.6 Å². The van der Waals surface area contributed by atoms with E-state index in [2.05, 4.69) is 34.4 Å². The SMILES string of the molecule is CC(C)CCNC(=O)c1cnc(Nc2ccc(C(F)(F)F)cc2)cn1. The minimum atomic E-state index is -4.37. The summed E-state index contributed by atoms with van der Waals surface area (Å²) in [6, 6.07) is 4.56. The van der Waals surface area contributed by atoms with Crippen molar-refractivity contribution in [1.29, 1.82) is 0 Å². The van der Waals surface area contributed by atoms with E-state index in [1.54, 1.807) is 0 Å². The predicted octanol–water partition coefficient (Wildman–Crippen LogP) is 4.01. The Balaban J connectivity index is 1.95. The van der Waals surface area contributed by atoms with Crippen molar-refractivity contribution in [3.05, 3.63) is 47.9 Å². The molecule has 1 amide bonds. The van der Waals surface area contributed by atoms with Crippen LogP contribution in [0.2, 0.25) is 0 Å². The van der Waals surface area contributed by atoms with Gasteiger partial charge >= 0.3 is 6.18 Å². The molecule has 0 aliphatic rings. The van der Waals surface area contributed by atoms with Gasteiger partial charge in [0.15, 0.2) is 0 Å². The van der Waals surface area contributed by atoms with Crippen LogP contribution in [0.15, 0.2) is 36.7 Å². The molecule has 0 spiro atoms. The minimum Gasteiger partial charge on any atom is -0.351 e. The Morgan fingerprint density at radius 3 is 2.32 bits per heavy atom. The van der Waals surface area contributed by atoms with Crippen LogP contribution >= 0.6 is 0 Å². The van der Waals surface area contributed by atoms with E-state index in [4.69, 9.17) is 0 Å². The Labute approximate surface area is 143 Å². The maximum Gasteiger partial charge on any atom is 0.416 e. The van der Waals surface area contributed by atoms with Crippen LogP contribution in [-0.4, -0.2) is 22.4 Å². The third kappa shape index (κ3) is 5.74. The minimum absolute atomic E-state index is 0.182. The molecular formula is C17H19F3N4O. The Morgan fingerprint density at radius 1 is 1.12 bits per heavy atom. The number of benzene rings is 1. The number of anilines is 2. The van der Waals surface area contributed by atoms with Crippen LogP contribution in [0.4, 0.5) is 24.7 Å². The van der Waals surface area contributed by atoms with Crippen molar-refractivity contribution >= 4 is 17.4 Å². The zero-order chi connectivity index (χ0) is 18.4. The molecule has 0 bridgehead atoms. The highest BCUT2D eigenvalue weighted by molar-refractivity contribution is 5.92. The average molecular weight is 352 g/mol. The lowest BCUT2D eigenvalue weighted by Crippen LogP contribution is -2.26. The summed E-state index contributed by atoms with van der Waals surface area (Å²) in [4.78, 5) is 20.0. The van der Waals surface area contributed by atoms with Crippen molar-refractivity contribution in [2.24, 2.45) is 5.92 Å². The van der Waals surface area contributed by atoms with Gasteiger partial charge in [-0.2, -0.15) is 13.2 Å². The highest BCUT2D eigenvalue weighted by Crippen LogP contribution is 2.30. The van der Waals surface area contributed by atoms with E-state index in [-0.39, 0.29) is 11.6 Å². The first-order valence-corrected chi connectivity index (χ1v) is 7.80. The number of amides is 1. The number of nitrogens with zero attached hydrogens (tertiary/aromatic N) is 2. The van der Waals surface area contributed by atoms with Gasteiger partial charge in [-0.25, -0.2) is 9.97 Å². The molecule has 134 valence electrons. The number of carbonyl (C=O) groups is 1. The van der Waals surface area contributed by atoms with Crippen LogP contribution < -0.4 is 10.6 Å². The second-order valence-electron chi connectivity index (χ2n) is 5.93. The highest BCUT2D eigenvalue weighted by atomic mass is 19.4. The molecule has 8 heteroatoms. The number of rotatable bonds is 6. The highest BCUT2D eigenvalue weighted by Gasteiger charge is 2.29. The first kappa shape index (κ1) is 18.7. The summed E-state index contributed by atoms with van der Waals surface area (Å²) in [6.45, 7) is 4.69. The molecule has 1 aromatic carbocycles.